The Balaban J connectivity index is 1.70. The molecule has 1 aliphatic heterocycles. The number of ether oxygens (including phenoxy) is 1. The van der Waals surface area contributed by atoms with Crippen molar-refractivity contribution >= 4 is 11.6 Å². The fraction of sp³-hybridized carbons (Fsp3) is 0.192. The molecule has 1 aliphatic carbocycles. The van der Waals surface area contributed by atoms with Crippen LogP contribution >= 0.6 is 0 Å². The molecule has 2 atom stereocenters. The Kier molecular flexibility index (Phi) is 4.44. The Morgan fingerprint density at radius 3 is 2.24 bits per heavy atom. The maximum absolute atomic E-state index is 13.4. The van der Waals surface area contributed by atoms with E-state index in [1.54, 1.807) is 7.11 Å². The summed E-state index contributed by atoms with van der Waals surface area (Å²) in [5, 5.41) is 3.26. The van der Waals surface area contributed by atoms with E-state index < -0.39 is 0 Å². The van der Waals surface area contributed by atoms with Crippen LogP contribution in [0.3, 0.4) is 0 Å². The van der Waals surface area contributed by atoms with Crippen molar-refractivity contribution in [2.75, 3.05) is 7.11 Å². The molecule has 0 radical (unpaired) electrons. The third-order valence-electron chi connectivity index (χ3n) is 6.14. The van der Waals surface area contributed by atoms with Crippen molar-refractivity contribution in [3.63, 3.8) is 0 Å². The number of aryl methyl sites for hydroxylation is 1. The van der Waals surface area contributed by atoms with Gasteiger partial charge in [-0.05, 0) is 47.2 Å². The van der Waals surface area contributed by atoms with E-state index in [4.69, 9.17) is 4.74 Å². The first kappa shape index (κ1) is 17.7. The highest BCUT2D eigenvalue weighted by molar-refractivity contribution is 5.97. The van der Waals surface area contributed by atoms with Gasteiger partial charge in [0.25, 0.3) is 0 Å². The maximum Gasteiger partial charge on any atom is 0.232 e. The molecule has 0 aromatic heterocycles. The van der Waals surface area contributed by atoms with E-state index in [-0.39, 0.29) is 17.7 Å². The van der Waals surface area contributed by atoms with Gasteiger partial charge in [-0.25, -0.2) is 0 Å². The van der Waals surface area contributed by atoms with Gasteiger partial charge >= 0.3 is 0 Å². The van der Waals surface area contributed by atoms with E-state index in [9.17, 15) is 4.79 Å². The fourth-order valence-corrected chi connectivity index (χ4v) is 4.77. The van der Waals surface area contributed by atoms with Crippen LogP contribution in [0.2, 0.25) is 0 Å². The lowest BCUT2D eigenvalue weighted by atomic mass is 9.69. The second kappa shape index (κ2) is 7.25. The molecule has 2 aliphatic rings. The summed E-state index contributed by atoms with van der Waals surface area (Å²) < 4.78 is 5.35. The largest absolute Gasteiger partial charge is 0.497 e. The fourth-order valence-electron chi connectivity index (χ4n) is 4.77. The predicted molar refractivity (Wildman–Crippen MR) is 115 cm³/mol. The van der Waals surface area contributed by atoms with Crippen LogP contribution in [0, 0.1) is 0 Å². The predicted octanol–water partition coefficient (Wildman–Crippen LogP) is 5.05. The van der Waals surface area contributed by atoms with Crippen molar-refractivity contribution in [2.45, 2.75) is 24.7 Å². The first-order valence-electron chi connectivity index (χ1n) is 10.1. The van der Waals surface area contributed by atoms with Crippen molar-refractivity contribution in [3.05, 3.63) is 107 Å². The zero-order chi connectivity index (χ0) is 19.8. The van der Waals surface area contributed by atoms with E-state index in [0.717, 1.165) is 41.0 Å². The SMILES string of the molecule is COc1ccc(C2C3=C(NC(=O)C2c2ccccc2)c2ccccc2CC3)cc1. The van der Waals surface area contributed by atoms with Crippen LogP contribution in [0.5, 0.6) is 5.75 Å². The Morgan fingerprint density at radius 2 is 1.48 bits per heavy atom. The summed E-state index contributed by atoms with van der Waals surface area (Å²) in [6, 6.07) is 26.7. The summed E-state index contributed by atoms with van der Waals surface area (Å²) in [5.41, 5.74) is 7.00. The second-order valence-electron chi connectivity index (χ2n) is 7.69. The molecule has 5 rings (SSSR count). The van der Waals surface area contributed by atoms with Crippen LogP contribution in [-0.2, 0) is 11.2 Å². The lowest BCUT2D eigenvalue weighted by molar-refractivity contribution is -0.122. The summed E-state index contributed by atoms with van der Waals surface area (Å²) in [4.78, 5) is 13.4. The highest BCUT2D eigenvalue weighted by Crippen LogP contribution is 2.48. The van der Waals surface area contributed by atoms with Crippen molar-refractivity contribution in [2.24, 2.45) is 0 Å². The minimum Gasteiger partial charge on any atom is -0.497 e. The third kappa shape index (κ3) is 3.03. The Hall–Kier alpha value is -3.33. The molecule has 0 bridgehead atoms. The van der Waals surface area contributed by atoms with Crippen LogP contribution in [0.15, 0.2) is 84.4 Å². The van der Waals surface area contributed by atoms with Crippen LogP contribution in [-0.4, -0.2) is 13.0 Å². The van der Waals surface area contributed by atoms with Gasteiger partial charge in [-0.3, -0.25) is 4.79 Å². The zero-order valence-corrected chi connectivity index (χ0v) is 16.4. The molecule has 144 valence electrons. The summed E-state index contributed by atoms with van der Waals surface area (Å²) >= 11 is 0. The van der Waals surface area contributed by atoms with Crippen molar-refractivity contribution in [3.8, 4) is 5.75 Å². The number of nitrogens with one attached hydrogen (secondary N) is 1. The standard InChI is InChI=1S/C26H23NO2/c1-29-20-14-11-19(12-15-20)23-22-16-13-17-7-5-6-10-21(17)25(22)27-26(28)24(23)18-8-3-2-4-9-18/h2-12,14-15,23-24H,13,16H2,1H3,(H,27,28). The highest BCUT2D eigenvalue weighted by Gasteiger charge is 2.41. The Bertz CT molecular complexity index is 1080. The monoisotopic (exact) mass is 381 g/mol. The van der Waals surface area contributed by atoms with Crippen LogP contribution in [0.4, 0.5) is 0 Å². The van der Waals surface area contributed by atoms with Gasteiger partial charge in [0.05, 0.1) is 13.0 Å². The molecule has 0 fully saturated rings. The minimum absolute atomic E-state index is 0.0143. The van der Waals surface area contributed by atoms with Gasteiger partial charge in [-0.15, -0.1) is 0 Å². The molecule has 2 unspecified atom stereocenters. The molecular formula is C26H23NO2. The molecule has 3 aromatic rings. The maximum atomic E-state index is 13.4. The van der Waals surface area contributed by atoms with Gasteiger partial charge in [0.15, 0.2) is 0 Å². The summed E-state index contributed by atoms with van der Waals surface area (Å²) in [7, 11) is 1.68. The van der Waals surface area contributed by atoms with Crippen molar-refractivity contribution < 1.29 is 9.53 Å². The molecule has 3 nitrogen and oxygen atoms in total. The number of carbonyl (C=O) groups excluding carboxylic acids is 1. The van der Waals surface area contributed by atoms with Crippen LogP contribution in [0.1, 0.15) is 40.5 Å². The summed E-state index contributed by atoms with van der Waals surface area (Å²) in [6.07, 6.45) is 1.95. The molecule has 1 heterocycles. The van der Waals surface area contributed by atoms with Crippen LogP contribution in [0.25, 0.3) is 5.70 Å². The van der Waals surface area contributed by atoms with Gasteiger partial charge in [-0.2, -0.15) is 0 Å². The van der Waals surface area contributed by atoms with Crippen molar-refractivity contribution in [1.29, 1.82) is 0 Å². The van der Waals surface area contributed by atoms with Gasteiger partial charge in [0.2, 0.25) is 5.91 Å². The quantitative estimate of drug-likeness (QED) is 0.689. The van der Waals surface area contributed by atoms with E-state index in [1.807, 2.05) is 36.4 Å². The topological polar surface area (TPSA) is 38.3 Å². The molecule has 0 saturated heterocycles. The van der Waals surface area contributed by atoms with E-state index >= 15 is 0 Å². The number of amides is 1. The third-order valence-corrected chi connectivity index (χ3v) is 6.14. The number of methoxy groups -OCH3 is 1. The number of fused-ring (bicyclic) bond motifs is 2. The highest BCUT2D eigenvalue weighted by atomic mass is 16.5. The first-order chi connectivity index (χ1) is 14.3. The Labute approximate surface area is 171 Å². The van der Waals surface area contributed by atoms with Gasteiger partial charge in [0.1, 0.15) is 5.75 Å². The summed E-state index contributed by atoms with van der Waals surface area (Å²) in [5.74, 6) is 0.662. The number of rotatable bonds is 3. The lowest BCUT2D eigenvalue weighted by Crippen LogP contribution is -2.39. The molecule has 3 aromatic carbocycles. The number of carbonyl (C=O) groups is 1. The van der Waals surface area contributed by atoms with Crippen LogP contribution < -0.4 is 10.1 Å². The van der Waals surface area contributed by atoms with E-state index in [2.05, 4.69) is 47.8 Å². The molecule has 1 N–H and O–H groups in total. The van der Waals surface area contributed by atoms with E-state index in [0.29, 0.717) is 0 Å². The lowest BCUT2D eigenvalue weighted by Gasteiger charge is -2.38. The molecular weight excluding hydrogens is 358 g/mol. The molecule has 29 heavy (non-hydrogen) atoms. The Morgan fingerprint density at radius 1 is 0.793 bits per heavy atom. The number of hydrogen-bond donors (Lipinski definition) is 1. The molecule has 0 saturated carbocycles. The number of allylic oxidation sites excluding steroid dienone is 1. The normalized spacial score (nSPS) is 20.5. The van der Waals surface area contributed by atoms with Gasteiger partial charge < -0.3 is 10.1 Å². The smallest absolute Gasteiger partial charge is 0.232 e. The number of hydrogen-bond acceptors (Lipinski definition) is 2. The molecule has 1 amide bonds. The first-order valence-corrected chi connectivity index (χ1v) is 10.1. The second-order valence-corrected chi connectivity index (χ2v) is 7.69. The van der Waals surface area contributed by atoms with E-state index in [1.165, 1.54) is 11.1 Å². The zero-order valence-electron chi connectivity index (χ0n) is 16.4. The van der Waals surface area contributed by atoms with Gasteiger partial charge in [-0.1, -0.05) is 66.7 Å². The average Bonchev–Trinajstić information content (AvgIpc) is 2.79. The van der Waals surface area contributed by atoms with Gasteiger partial charge in [0, 0.05) is 17.2 Å². The number of benzene rings is 3. The van der Waals surface area contributed by atoms with Crippen molar-refractivity contribution in [1.82, 2.24) is 5.32 Å². The molecule has 0 spiro atoms. The average molecular weight is 381 g/mol. The summed E-state index contributed by atoms with van der Waals surface area (Å²) in [6.45, 7) is 0. The minimum atomic E-state index is -0.242. The molecule has 3 heteroatoms.